The van der Waals surface area contributed by atoms with E-state index in [-0.39, 0.29) is 17.2 Å². The summed E-state index contributed by atoms with van der Waals surface area (Å²) >= 11 is 0. The molecule has 1 aromatic carbocycles. The van der Waals surface area contributed by atoms with Crippen LogP contribution in [0, 0.1) is 0 Å². The zero-order valence-electron chi connectivity index (χ0n) is 11.6. The van der Waals surface area contributed by atoms with Gasteiger partial charge in [-0.1, -0.05) is 6.07 Å². The molecule has 2 aromatic rings. The molecule has 6 nitrogen and oxygen atoms in total. The number of methoxy groups -OCH3 is 1. The van der Waals surface area contributed by atoms with Crippen molar-refractivity contribution >= 4 is 10.0 Å². The fourth-order valence-electron chi connectivity index (χ4n) is 1.82. The number of nitrogens with zero attached hydrogens (tertiary/aromatic N) is 1. The van der Waals surface area contributed by atoms with Crippen LogP contribution in [0.2, 0.25) is 0 Å². The van der Waals surface area contributed by atoms with Gasteiger partial charge < -0.3 is 10.5 Å². The SMILES string of the molecule is COc1cc(CN)ccc1S(=O)(=O)NCc1ccncc1. The maximum atomic E-state index is 12.3. The first-order valence-electron chi connectivity index (χ1n) is 6.32. The van der Waals surface area contributed by atoms with E-state index in [1.165, 1.54) is 13.2 Å². The van der Waals surface area contributed by atoms with Crippen LogP contribution in [0.25, 0.3) is 0 Å². The molecule has 21 heavy (non-hydrogen) atoms. The molecule has 2 rings (SSSR count). The summed E-state index contributed by atoms with van der Waals surface area (Å²) in [6.45, 7) is 0.508. The van der Waals surface area contributed by atoms with Crippen molar-refractivity contribution in [3.63, 3.8) is 0 Å². The van der Waals surface area contributed by atoms with Crippen molar-refractivity contribution < 1.29 is 13.2 Å². The highest BCUT2D eigenvalue weighted by Crippen LogP contribution is 2.24. The van der Waals surface area contributed by atoms with E-state index >= 15 is 0 Å². The van der Waals surface area contributed by atoms with Gasteiger partial charge in [0.2, 0.25) is 10.0 Å². The van der Waals surface area contributed by atoms with Crippen LogP contribution >= 0.6 is 0 Å². The molecule has 3 N–H and O–H groups in total. The molecule has 0 saturated heterocycles. The van der Waals surface area contributed by atoms with Crippen LogP contribution < -0.4 is 15.2 Å². The second kappa shape index (κ2) is 6.66. The lowest BCUT2D eigenvalue weighted by Gasteiger charge is -2.12. The summed E-state index contributed by atoms with van der Waals surface area (Å²) in [5, 5.41) is 0. The van der Waals surface area contributed by atoms with Crippen LogP contribution in [0.4, 0.5) is 0 Å². The van der Waals surface area contributed by atoms with Crippen LogP contribution in [-0.2, 0) is 23.1 Å². The first kappa shape index (κ1) is 15.4. The van der Waals surface area contributed by atoms with Crippen LogP contribution in [0.3, 0.4) is 0 Å². The van der Waals surface area contributed by atoms with E-state index in [2.05, 4.69) is 9.71 Å². The quantitative estimate of drug-likeness (QED) is 0.831. The Hall–Kier alpha value is -1.96. The minimum atomic E-state index is -3.66. The lowest BCUT2D eigenvalue weighted by atomic mass is 10.2. The Morgan fingerprint density at radius 2 is 1.90 bits per heavy atom. The summed E-state index contributed by atoms with van der Waals surface area (Å²) in [6, 6.07) is 8.29. The van der Waals surface area contributed by atoms with Gasteiger partial charge in [0.15, 0.2) is 0 Å². The number of hydrogen-bond donors (Lipinski definition) is 2. The van der Waals surface area contributed by atoms with E-state index in [1.807, 2.05) is 0 Å². The Morgan fingerprint density at radius 1 is 1.19 bits per heavy atom. The third kappa shape index (κ3) is 3.78. The molecule has 0 spiro atoms. The van der Waals surface area contributed by atoms with Crippen molar-refractivity contribution in [3.05, 3.63) is 53.9 Å². The number of hydrogen-bond acceptors (Lipinski definition) is 5. The second-order valence-corrected chi connectivity index (χ2v) is 6.10. The number of benzene rings is 1. The highest BCUT2D eigenvalue weighted by molar-refractivity contribution is 7.89. The first-order chi connectivity index (χ1) is 10.1. The zero-order valence-corrected chi connectivity index (χ0v) is 12.4. The summed E-state index contributed by atoms with van der Waals surface area (Å²) in [6.07, 6.45) is 3.22. The van der Waals surface area contributed by atoms with E-state index in [0.29, 0.717) is 6.54 Å². The minimum absolute atomic E-state index is 0.0938. The predicted octanol–water partition coefficient (Wildman–Crippen LogP) is 1.03. The summed E-state index contributed by atoms with van der Waals surface area (Å²) in [5.41, 5.74) is 7.17. The van der Waals surface area contributed by atoms with Gasteiger partial charge >= 0.3 is 0 Å². The molecule has 1 heterocycles. The van der Waals surface area contributed by atoms with E-state index in [4.69, 9.17) is 10.5 Å². The Labute approximate surface area is 124 Å². The molecule has 0 aliphatic carbocycles. The van der Waals surface area contributed by atoms with Crippen molar-refractivity contribution in [1.29, 1.82) is 0 Å². The smallest absolute Gasteiger partial charge is 0.244 e. The lowest BCUT2D eigenvalue weighted by Crippen LogP contribution is -2.23. The Kier molecular flexibility index (Phi) is 4.89. The molecule has 0 bridgehead atoms. The summed E-state index contributed by atoms with van der Waals surface area (Å²) in [7, 11) is -2.23. The topological polar surface area (TPSA) is 94.3 Å². The number of nitrogens with one attached hydrogen (secondary N) is 1. The number of sulfonamides is 1. The zero-order chi connectivity index (χ0) is 15.3. The van der Waals surface area contributed by atoms with Crippen LogP contribution in [0.5, 0.6) is 5.75 Å². The van der Waals surface area contributed by atoms with Gasteiger partial charge in [-0.25, -0.2) is 13.1 Å². The van der Waals surface area contributed by atoms with E-state index in [1.54, 1.807) is 36.7 Å². The first-order valence-corrected chi connectivity index (χ1v) is 7.80. The van der Waals surface area contributed by atoms with Gasteiger partial charge in [-0.05, 0) is 35.4 Å². The third-order valence-electron chi connectivity index (χ3n) is 2.97. The highest BCUT2D eigenvalue weighted by Gasteiger charge is 2.19. The number of nitrogens with two attached hydrogens (primary N) is 1. The Morgan fingerprint density at radius 3 is 2.52 bits per heavy atom. The second-order valence-electron chi connectivity index (χ2n) is 4.37. The van der Waals surface area contributed by atoms with E-state index in [9.17, 15) is 8.42 Å². The van der Waals surface area contributed by atoms with Gasteiger partial charge in [-0.2, -0.15) is 0 Å². The molecule has 0 radical (unpaired) electrons. The molecule has 0 aliphatic heterocycles. The molecule has 112 valence electrons. The monoisotopic (exact) mass is 307 g/mol. The van der Waals surface area contributed by atoms with Crippen molar-refractivity contribution in [2.45, 2.75) is 18.0 Å². The van der Waals surface area contributed by atoms with E-state index in [0.717, 1.165) is 11.1 Å². The maximum absolute atomic E-state index is 12.3. The van der Waals surface area contributed by atoms with Crippen LogP contribution in [0.1, 0.15) is 11.1 Å². The van der Waals surface area contributed by atoms with Gasteiger partial charge in [0.25, 0.3) is 0 Å². The summed E-state index contributed by atoms with van der Waals surface area (Å²) in [4.78, 5) is 3.98. The van der Waals surface area contributed by atoms with Gasteiger partial charge in [-0.3, -0.25) is 4.98 Å². The number of pyridine rings is 1. The summed E-state index contributed by atoms with van der Waals surface area (Å²) < 4.78 is 32.4. The maximum Gasteiger partial charge on any atom is 0.244 e. The van der Waals surface area contributed by atoms with Gasteiger partial charge in [0, 0.05) is 25.5 Å². The summed E-state index contributed by atoms with van der Waals surface area (Å²) in [5.74, 6) is 0.278. The normalized spacial score (nSPS) is 11.3. The Balaban J connectivity index is 2.23. The number of aromatic nitrogens is 1. The molecule has 0 fully saturated rings. The fourth-order valence-corrected chi connectivity index (χ4v) is 2.98. The highest BCUT2D eigenvalue weighted by atomic mass is 32.2. The van der Waals surface area contributed by atoms with Crippen molar-refractivity contribution in [2.24, 2.45) is 5.73 Å². The number of ether oxygens (including phenoxy) is 1. The van der Waals surface area contributed by atoms with E-state index < -0.39 is 10.0 Å². The molecule has 0 atom stereocenters. The van der Waals surface area contributed by atoms with Crippen LogP contribution in [-0.4, -0.2) is 20.5 Å². The average molecular weight is 307 g/mol. The standard InChI is InChI=1S/C14H17N3O3S/c1-20-13-8-12(9-15)2-3-14(13)21(18,19)17-10-11-4-6-16-7-5-11/h2-8,17H,9-10,15H2,1H3. The molecular weight excluding hydrogens is 290 g/mol. The Bertz CT molecular complexity index is 703. The van der Waals surface area contributed by atoms with Crippen molar-refractivity contribution in [3.8, 4) is 5.75 Å². The third-order valence-corrected chi connectivity index (χ3v) is 4.41. The molecule has 7 heteroatoms. The van der Waals surface area contributed by atoms with Crippen molar-refractivity contribution in [1.82, 2.24) is 9.71 Å². The molecule has 0 unspecified atom stereocenters. The molecule has 1 aromatic heterocycles. The number of rotatable bonds is 6. The fraction of sp³-hybridized carbons (Fsp3) is 0.214. The predicted molar refractivity (Wildman–Crippen MR) is 79.1 cm³/mol. The van der Waals surface area contributed by atoms with Gasteiger partial charge in [0.05, 0.1) is 7.11 Å². The van der Waals surface area contributed by atoms with Gasteiger partial charge in [0.1, 0.15) is 10.6 Å². The largest absolute Gasteiger partial charge is 0.495 e. The molecule has 0 aliphatic rings. The molecular formula is C14H17N3O3S. The average Bonchev–Trinajstić information content (AvgIpc) is 2.53. The molecule has 0 saturated carbocycles. The van der Waals surface area contributed by atoms with Gasteiger partial charge in [-0.15, -0.1) is 0 Å². The molecule has 0 amide bonds. The lowest BCUT2D eigenvalue weighted by molar-refractivity contribution is 0.401. The van der Waals surface area contributed by atoms with Crippen molar-refractivity contribution in [2.75, 3.05) is 7.11 Å². The van der Waals surface area contributed by atoms with Crippen LogP contribution in [0.15, 0.2) is 47.6 Å². The minimum Gasteiger partial charge on any atom is -0.495 e.